The first-order valence-electron chi connectivity index (χ1n) is 6.03. The highest BCUT2D eigenvalue weighted by Crippen LogP contribution is 2.30. The van der Waals surface area contributed by atoms with Crippen molar-refractivity contribution in [1.29, 1.82) is 0 Å². The molecule has 0 atom stereocenters. The van der Waals surface area contributed by atoms with Gasteiger partial charge in [-0.3, -0.25) is 0 Å². The summed E-state index contributed by atoms with van der Waals surface area (Å²) in [6.45, 7) is 1.90. The monoisotopic (exact) mass is 286 g/mol. The molecule has 0 aliphatic heterocycles. The van der Waals surface area contributed by atoms with Crippen LogP contribution in [0.2, 0.25) is 5.02 Å². The Morgan fingerprint density at radius 3 is 2.55 bits per heavy atom. The number of rotatable bonds is 2. The minimum atomic E-state index is 0.122. The number of benzene rings is 2. The first kappa shape index (κ1) is 12.7. The maximum Gasteiger partial charge on any atom is 0.261 e. The molecule has 0 radical (unpaired) electrons. The van der Waals surface area contributed by atoms with Crippen molar-refractivity contribution in [2.45, 2.75) is 6.92 Å². The Morgan fingerprint density at radius 2 is 1.85 bits per heavy atom. The summed E-state index contributed by atoms with van der Waals surface area (Å²) in [6.07, 6.45) is 0. The lowest BCUT2D eigenvalue weighted by Gasteiger charge is -1.99. The number of halogens is 1. The zero-order valence-electron chi connectivity index (χ0n) is 10.7. The second-order valence-electron chi connectivity index (χ2n) is 4.45. The van der Waals surface area contributed by atoms with Crippen LogP contribution in [0.15, 0.2) is 47.0 Å². The van der Waals surface area contributed by atoms with Crippen molar-refractivity contribution < 1.29 is 9.63 Å². The fourth-order valence-corrected chi connectivity index (χ4v) is 2.00. The van der Waals surface area contributed by atoms with Gasteiger partial charge in [-0.2, -0.15) is 4.98 Å². The quantitative estimate of drug-likeness (QED) is 0.771. The van der Waals surface area contributed by atoms with Gasteiger partial charge in [0.25, 0.3) is 5.89 Å². The highest BCUT2D eigenvalue weighted by molar-refractivity contribution is 6.30. The van der Waals surface area contributed by atoms with Crippen molar-refractivity contribution in [3.63, 3.8) is 0 Å². The van der Waals surface area contributed by atoms with Crippen LogP contribution in [0.25, 0.3) is 22.8 Å². The van der Waals surface area contributed by atoms with Crippen LogP contribution < -0.4 is 0 Å². The first-order valence-corrected chi connectivity index (χ1v) is 6.41. The van der Waals surface area contributed by atoms with Gasteiger partial charge in [-0.1, -0.05) is 22.8 Å². The maximum atomic E-state index is 9.92. The van der Waals surface area contributed by atoms with Crippen molar-refractivity contribution >= 4 is 11.6 Å². The van der Waals surface area contributed by atoms with Gasteiger partial charge in [0.2, 0.25) is 5.82 Å². The fraction of sp³-hybridized carbons (Fsp3) is 0.0667. The molecule has 0 saturated heterocycles. The molecule has 20 heavy (non-hydrogen) atoms. The molecular formula is C15H11ClN2O2. The highest BCUT2D eigenvalue weighted by Gasteiger charge is 2.13. The average Bonchev–Trinajstić information content (AvgIpc) is 2.89. The number of aromatic hydroxyl groups is 1. The first-order chi connectivity index (χ1) is 9.63. The average molecular weight is 287 g/mol. The molecule has 3 rings (SSSR count). The Kier molecular flexibility index (Phi) is 3.16. The third kappa shape index (κ3) is 2.38. The van der Waals surface area contributed by atoms with E-state index in [1.807, 2.05) is 25.1 Å². The summed E-state index contributed by atoms with van der Waals surface area (Å²) in [5, 5.41) is 14.5. The second kappa shape index (κ2) is 4.98. The molecule has 0 aliphatic rings. The van der Waals surface area contributed by atoms with Gasteiger partial charge in [0.05, 0.1) is 5.56 Å². The maximum absolute atomic E-state index is 9.92. The summed E-state index contributed by atoms with van der Waals surface area (Å²) < 4.78 is 5.20. The number of phenolic OH excluding ortho intramolecular Hbond substituents is 1. The number of phenols is 1. The van der Waals surface area contributed by atoms with Crippen LogP contribution in [0.1, 0.15) is 5.56 Å². The third-order valence-corrected chi connectivity index (χ3v) is 3.16. The SMILES string of the molecule is Cc1ccc(-c2nc(-c3ccc(Cl)cc3)no2)c(O)c1. The van der Waals surface area contributed by atoms with Crippen LogP contribution in [0.4, 0.5) is 0 Å². The molecule has 5 heteroatoms. The summed E-state index contributed by atoms with van der Waals surface area (Å²) in [4.78, 5) is 4.29. The minimum Gasteiger partial charge on any atom is -0.507 e. The molecule has 0 saturated carbocycles. The van der Waals surface area contributed by atoms with Crippen molar-refractivity contribution in [3.8, 4) is 28.6 Å². The fourth-order valence-electron chi connectivity index (χ4n) is 1.87. The predicted molar refractivity (Wildman–Crippen MR) is 76.6 cm³/mol. The van der Waals surface area contributed by atoms with Crippen LogP contribution in [0, 0.1) is 6.92 Å². The van der Waals surface area contributed by atoms with Crippen molar-refractivity contribution in [1.82, 2.24) is 10.1 Å². The molecule has 100 valence electrons. The Labute approximate surface area is 120 Å². The smallest absolute Gasteiger partial charge is 0.261 e. The van der Waals surface area contributed by atoms with Crippen LogP contribution in [-0.4, -0.2) is 15.2 Å². The predicted octanol–water partition coefficient (Wildman–Crippen LogP) is 4.07. The molecule has 0 fully saturated rings. The van der Waals surface area contributed by atoms with E-state index in [1.54, 1.807) is 24.3 Å². The summed E-state index contributed by atoms with van der Waals surface area (Å²) in [7, 11) is 0. The lowest BCUT2D eigenvalue weighted by Crippen LogP contribution is -1.82. The number of nitrogens with zero attached hydrogens (tertiary/aromatic N) is 2. The van der Waals surface area contributed by atoms with Gasteiger partial charge in [-0.05, 0) is 48.9 Å². The third-order valence-electron chi connectivity index (χ3n) is 2.91. The molecule has 3 aromatic rings. The molecule has 0 bridgehead atoms. The van der Waals surface area contributed by atoms with Crippen LogP contribution in [-0.2, 0) is 0 Å². The van der Waals surface area contributed by atoms with Gasteiger partial charge >= 0.3 is 0 Å². The molecule has 0 amide bonds. The van der Waals surface area contributed by atoms with E-state index >= 15 is 0 Å². The number of hydrogen-bond acceptors (Lipinski definition) is 4. The highest BCUT2D eigenvalue weighted by atomic mass is 35.5. The van der Waals surface area contributed by atoms with Crippen LogP contribution in [0.5, 0.6) is 5.75 Å². The zero-order chi connectivity index (χ0) is 14.1. The molecule has 4 nitrogen and oxygen atoms in total. The minimum absolute atomic E-state index is 0.122. The van der Waals surface area contributed by atoms with E-state index in [0.717, 1.165) is 11.1 Å². The summed E-state index contributed by atoms with van der Waals surface area (Å²) in [5.41, 5.74) is 2.28. The van der Waals surface area contributed by atoms with Crippen molar-refractivity contribution in [3.05, 3.63) is 53.1 Å². The number of aromatic nitrogens is 2. The molecule has 0 aliphatic carbocycles. The summed E-state index contributed by atoms with van der Waals surface area (Å²) in [6, 6.07) is 12.4. The Balaban J connectivity index is 1.99. The van der Waals surface area contributed by atoms with Crippen molar-refractivity contribution in [2.24, 2.45) is 0 Å². The zero-order valence-corrected chi connectivity index (χ0v) is 11.4. The number of aryl methyl sites for hydroxylation is 1. The molecule has 1 N–H and O–H groups in total. The van der Waals surface area contributed by atoms with E-state index in [2.05, 4.69) is 10.1 Å². The van der Waals surface area contributed by atoms with Gasteiger partial charge in [-0.25, -0.2) is 0 Å². The summed E-state index contributed by atoms with van der Waals surface area (Å²) >= 11 is 5.84. The largest absolute Gasteiger partial charge is 0.507 e. The van der Waals surface area contributed by atoms with Gasteiger partial charge in [0.1, 0.15) is 5.75 Å². The number of hydrogen-bond donors (Lipinski definition) is 1. The van der Waals surface area contributed by atoms with Crippen LogP contribution in [0.3, 0.4) is 0 Å². The van der Waals surface area contributed by atoms with E-state index in [-0.39, 0.29) is 11.6 Å². The molecule has 1 heterocycles. The Bertz CT molecular complexity index is 751. The molecule has 1 aromatic heterocycles. The van der Waals surface area contributed by atoms with Gasteiger partial charge in [0, 0.05) is 10.6 Å². The molecule has 0 spiro atoms. The standard InChI is InChI=1S/C15H11ClN2O2/c1-9-2-7-12(13(19)8-9)15-17-14(18-20-15)10-3-5-11(16)6-4-10/h2-8,19H,1H3. The van der Waals surface area contributed by atoms with E-state index in [0.29, 0.717) is 16.4 Å². The second-order valence-corrected chi connectivity index (χ2v) is 4.89. The van der Waals surface area contributed by atoms with Gasteiger partial charge in [-0.15, -0.1) is 0 Å². The Hall–Kier alpha value is -2.33. The van der Waals surface area contributed by atoms with E-state index < -0.39 is 0 Å². The molecule has 2 aromatic carbocycles. The summed E-state index contributed by atoms with van der Waals surface area (Å²) in [5.74, 6) is 0.861. The van der Waals surface area contributed by atoms with Crippen molar-refractivity contribution in [2.75, 3.05) is 0 Å². The van der Waals surface area contributed by atoms with E-state index in [1.165, 1.54) is 0 Å². The molecule has 0 unspecified atom stereocenters. The molecular weight excluding hydrogens is 276 g/mol. The normalized spacial score (nSPS) is 10.7. The lowest BCUT2D eigenvalue weighted by atomic mass is 10.1. The van der Waals surface area contributed by atoms with E-state index in [4.69, 9.17) is 16.1 Å². The van der Waals surface area contributed by atoms with Gasteiger partial charge in [0.15, 0.2) is 0 Å². The van der Waals surface area contributed by atoms with Gasteiger partial charge < -0.3 is 9.63 Å². The Morgan fingerprint density at radius 1 is 1.10 bits per heavy atom. The van der Waals surface area contributed by atoms with Crippen LogP contribution >= 0.6 is 11.6 Å². The topological polar surface area (TPSA) is 59.2 Å². The van der Waals surface area contributed by atoms with E-state index in [9.17, 15) is 5.11 Å². The lowest BCUT2D eigenvalue weighted by molar-refractivity contribution is 0.425.